The van der Waals surface area contributed by atoms with Crippen molar-refractivity contribution in [1.29, 1.82) is 0 Å². The van der Waals surface area contributed by atoms with Crippen molar-refractivity contribution in [3.63, 3.8) is 0 Å². The van der Waals surface area contributed by atoms with E-state index in [1.165, 1.54) is 11.8 Å². The first kappa shape index (κ1) is 30.6. The summed E-state index contributed by atoms with van der Waals surface area (Å²) in [6.07, 6.45) is 7.21. The molecular formula is C35H50O5. The summed E-state index contributed by atoms with van der Waals surface area (Å²) >= 11 is 0. The van der Waals surface area contributed by atoms with Crippen molar-refractivity contribution in [3.8, 4) is 0 Å². The molecule has 6 rings (SSSR count). The highest BCUT2D eigenvalue weighted by Crippen LogP contribution is 2.59. The van der Waals surface area contributed by atoms with Crippen LogP contribution in [0.2, 0.25) is 0 Å². The predicted molar refractivity (Wildman–Crippen MR) is 160 cm³/mol. The van der Waals surface area contributed by atoms with Crippen molar-refractivity contribution in [2.45, 2.75) is 124 Å². The van der Waals surface area contributed by atoms with Gasteiger partial charge in [0.05, 0.1) is 16.4 Å². The van der Waals surface area contributed by atoms with E-state index < -0.39 is 22.0 Å². The number of hydrogen-bond acceptors (Lipinski definition) is 5. The number of rotatable bonds is 7. The zero-order valence-corrected chi connectivity index (χ0v) is 25.9. The minimum absolute atomic E-state index is 0.0828. The van der Waals surface area contributed by atoms with Crippen LogP contribution in [0.25, 0.3) is 10.8 Å². The van der Waals surface area contributed by atoms with Gasteiger partial charge in [0, 0.05) is 6.42 Å². The van der Waals surface area contributed by atoms with Gasteiger partial charge in [0.2, 0.25) is 0 Å². The van der Waals surface area contributed by atoms with Gasteiger partial charge in [0.1, 0.15) is 11.2 Å². The minimum Gasteiger partial charge on any atom is -0.459 e. The molecule has 1 N–H and O–H groups in total. The van der Waals surface area contributed by atoms with Crippen molar-refractivity contribution in [1.82, 2.24) is 0 Å². The van der Waals surface area contributed by atoms with Gasteiger partial charge < -0.3 is 14.6 Å². The van der Waals surface area contributed by atoms with E-state index in [1.54, 1.807) is 0 Å². The Morgan fingerprint density at radius 3 is 1.93 bits per heavy atom. The molecule has 0 aromatic heterocycles. The minimum atomic E-state index is -0.631. The van der Waals surface area contributed by atoms with Gasteiger partial charge in [0.25, 0.3) is 0 Å². The SMILES string of the molecule is CCC(C)(C)C(=O)OC(C)(C)c1ccc2ccccc2c1.CCC(C)(C)C(=O)OC12CC3CC(CC(O)(C3)C1)C2. The number of ether oxygens (including phenoxy) is 2. The molecule has 4 bridgehead atoms. The molecule has 2 unspecified atom stereocenters. The number of fused-ring (bicyclic) bond motifs is 1. The van der Waals surface area contributed by atoms with Crippen LogP contribution in [0, 0.1) is 22.7 Å². The summed E-state index contributed by atoms with van der Waals surface area (Å²) < 4.78 is 11.8. The summed E-state index contributed by atoms with van der Waals surface area (Å²) in [5, 5.41) is 13.0. The normalized spacial score (nSPS) is 27.6. The third-order valence-corrected chi connectivity index (χ3v) is 9.95. The van der Waals surface area contributed by atoms with Crippen LogP contribution < -0.4 is 0 Å². The van der Waals surface area contributed by atoms with Crippen molar-refractivity contribution >= 4 is 22.7 Å². The molecule has 0 heterocycles. The van der Waals surface area contributed by atoms with Crippen LogP contribution in [0.1, 0.15) is 112 Å². The number of benzene rings is 2. The monoisotopic (exact) mass is 550 g/mol. The molecular weight excluding hydrogens is 500 g/mol. The Labute approximate surface area is 241 Å². The Morgan fingerprint density at radius 2 is 1.38 bits per heavy atom. The van der Waals surface area contributed by atoms with Crippen LogP contribution in [0.4, 0.5) is 0 Å². The van der Waals surface area contributed by atoms with E-state index in [0.29, 0.717) is 18.3 Å². The lowest BCUT2D eigenvalue weighted by molar-refractivity contribution is -0.225. The lowest BCUT2D eigenvalue weighted by Crippen LogP contribution is -2.61. The van der Waals surface area contributed by atoms with Crippen LogP contribution in [0.5, 0.6) is 0 Å². The van der Waals surface area contributed by atoms with E-state index in [-0.39, 0.29) is 17.5 Å². The smallest absolute Gasteiger partial charge is 0.312 e. The lowest BCUT2D eigenvalue weighted by Gasteiger charge is -2.59. The molecule has 4 fully saturated rings. The van der Waals surface area contributed by atoms with E-state index in [0.717, 1.165) is 49.5 Å². The van der Waals surface area contributed by atoms with Gasteiger partial charge in [-0.05, 0) is 121 Å². The highest BCUT2D eigenvalue weighted by molar-refractivity contribution is 5.83. The number of carbonyl (C=O) groups is 2. The molecule has 4 aliphatic carbocycles. The summed E-state index contributed by atoms with van der Waals surface area (Å²) in [5.74, 6) is 0.885. The Balaban J connectivity index is 0.000000186. The van der Waals surface area contributed by atoms with Crippen molar-refractivity contribution < 1.29 is 24.2 Å². The van der Waals surface area contributed by atoms with Gasteiger partial charge in [0.15, 0.2) is 0 Å². The first-order valence-corrected chi connectivity index (χ1v) is 15.2. The Kier molecular flexibility index (Phi) is 8.23. The van der Waals surface area contributed by atoms with Crippen molar-refractivity contribution in [2.75, 3.05) is 0 Å². The predicted octanol–water partition coefficient (Wildman–Crippen LogP) is 8.10. The molecule has 40 heavy (non-hydrogen) atoms. The maximum atomic E-state index is 12.4. The average Bonchev–Trinajstić information content (AvgIpc) is 2.86. The van der Waals surface area contributed by atoms with Gasteiger partial charge in [-0.3, -0.25) is 9.59 Å². The summed E-state index contributed by atoms with van der Waals surface area (Å²) in [6.45, 7) is 15.7. The standard InChI is InChI=1S/C19H24O2.C16H26O3/c1-6-18(2,3)17(20)21-19(4,5)16-12-11-14-9-7-8-10-15(14)13-16;1-4-14(2,3)13(17)19-16-8-11-5-12(9-16)7-15(18,6-11)10-16/h7-13H,6H2,1-5H3;11-12,18H,4-10H2,1-3H3. The second kappa shape index (κ2) is 10.8. The molecule has 0 amide bonds. The second-order valence-electron chi connectivity index (χ2n) is 14.7. The number of aliphatic hydroxyl groups is 1. The van der Waals surface area contributed by atoms with Gasteiger partial charge >= 0.3 is 11.9 Å². The number of carbonyl (C=O) groups excluding carboxylic acids is 2. The zero-order valence-electron chi connectivity index (χ0n) is 25.9. The maximum Gasteiger partial charge on any atom is 0.312 e. The van der Waals surface area contributed by atoms with Gasteiger partial charge in [-0.1, -0.05) is 50.2 Å². The van der Waals surface area contributed by atoms with E-state index in [1.807, 2.05) is 73.6 Å². The first-order valence-electron chi connectivity index (χ1n) is 15.2. The fourth-order valence-corrected chi connectivity index (χ4v) is 6.87. The Bertz CT molecular complexity index is 1230. The molecule has 0 radical (unpaired) electrons. The summed E-state index contributed by atoms with van der Waals surface area (Å²) in [6, 6.07) is 14.4. The average molecular weight is 551 g/mol. The van der Waals surface area contributed by atoms with Crippen LogP contribution in [0.15, 0.2) is 42.5 Å². The van der Waals surface area contributed by atoms with Gasteiger partial charge in [-0.2, -0.15) is 0 Å². The maximum absolute atomic E-state index is 12.4. The molecule has 0 spiro atoms. The van der Waals surface area contributed by atoms with E-state index in [2.05, 4.69) is 24.3 Å². The topological polar surface area (TPSA) is 72.8 Å². The zero-order chi connectivity index (χ0) is 29.6. The van der Waals surface area contributed by atoms with Crippen molar-refractivity contribution in [2.24, 2.45) is 22.7 Å². The van der Waals surface area contributed by atoms with Gasteiger partial charge in [-0.25, -0.2) is 0 Å². The molecule has 2 aromatic rings. The second-order valence-corrected chi connectivity index (χ2v) is 14.7. The molecule has 4 aliphatic rings. The summed E-state index contributed by atoms with van der Waals surface area (Å²) in [5.41, 5.74) is -1.39. The quantitative estimate of drug-likeness (QED) is 0.353. The van der Waals surface area contributed by atoms with E-state index in [4.69, 9.17) is 9.47 Å². The molecule has 4 saturated carbocycles. The highest BCUT2D eigenvalue weighted by atomic mass is 16.6. The Hall–Kier alpha value is -2.40. The first-order chi connectivity index (χ1) is 18.5. The molecule has 2 aromatic carbocycles. The highest BCUT2D eigenvalue weighted by Gasteiger charge is 2.59. The molecule has 0 saturated heterocycles. The van der Waals surface area contributed by atoms with Crippen LogP contribution in [-0.2, 0) is 24.7 Å². The largest absolute Gasteiger partial charge is 0.459 e. The molecule has 2 atom stereocenters. The third kappa shape index (κ3) is 6.40. The molecule has 0 aliphatic heterocycles. The fourth-order valence-electron chi connectivity index (χ4n) is 6.87. The Morgan fingerprint density at radius 1 is 0.825 bits per heavy atom. The fraction of sp³-hybridized carbons (Fsp3) is 0.657. The van der Waals surface area contributed by atoms with E-state index in [9.17, 15) is 14.7 Å². The van der Waals surface area contributed by atoms with Gasteiger partial charge in [-0.15, -0.1) is 0 Å². The molecule has 5 heteroatoms. The molecule has 220 valence electrons. The summed E-state index contributed by atoms with van der Waals surface area (Å²) in [4.78, 5) is 24.7. The molecule has 5 nitrogen and oxygen atoms in total. The van der Waals surface area contributed by atoms with Crippen LogP contribution in [-0.4, -0.2) is 28.2 Å². The van der Waals surface area contributed by atoms with Crippen LogP contribution >= 0.6 is 0 Å². The number of hydrogen-bond donors (Lipinski definition) is 1. The lowest BCUT2D eigenvalue weighted by atomic mass is 9.52. The summed E-state index contributed by atoms with van der Waals surface area (Å²) in [7, 11) is 0. The third-order valence-electron chi connectivity index (χ3n) is 9.95. The van der Waals surface area contributed by atoms with Crippen molar-refractivity contribution in [3.05, 3.63) is 48.0 Å². The van der Waals surface area contributed by atoms with E-state index >= 15 is 0 Å². The van der Waals surface area contributed by atoms with Crippen LogP contribution in [0.3, 0.4) is 0 Å². The number of esters is 2.